The van der Waals surface area contributed by atoms with Crippen molar-refractivity contribution in [3.8, 4) is 11.5 Å². The Kier molecular flexibility index (Phi) is 12.0. The van der Waals surface area contributed by atoms with E-state index in [4.69, 9.17) is 15.2 Å². The Morgan fingerprint density at radius 1 is 0.868 bits per heavy atom. The Bertz CT molecular complexity index is 1160. The van der Waals surface area contributed by atoms with Crippen LogP contribution in [0.3, 0.4) is 0 Å². The molecule has 1 unspecified atom stereocenters. The molecule has 1 aliphatic heterocycles. The van der Waals surface area contributed by atoms with Gasteiger partial charge in [0, 0.05) is 16.3 Å². The maximum absolute atomic E-state index is 12.5. The van der Waals surface area contributed by atoms with Gasteiger partial charge in [-0.25, -0.2) is 4.39 Å². The summed E-state index contributed by atoms with van der Waals surface area (Å²) in [5, 5.41) is 0. The van der Waals surface area contributed by atoms with Crippen molar-refractivity contribution in [2.24, 2.45) is 0 Å². The molecule has 3 nitrogen and oxygen atoms in total. The van der Waals surface area contributed by atoms with Crippen LogP contribution in [-0.4, -0.2) is 25.4 Å². The predicted octanol–water partition coefficient (Wildman–Crippen LogP) is 9.35. The van der Waals surface area contributed by atoms with Gasteiger partial charge >= 0.3 is 0 Å². The number of benzene rings is 3. The average Bonchev–Trinajstić information content (AvgIpc) is 2.94. The summed E-state index contributed by atoms with van der Waals surface area (Å²) in [4.78, 5) is 1.18. The zero-order chi connectivity index (χ0) is 27.3. The molecule has 1 atom stereocenters. The van der Waals surface area contributed by atoms with Gasteiger partial charge in [-0.2, -0.15) is 0 Å². The lowest BCUT2D eigenvalue weighted by atomic mass is 9.89. The van der Waals surface area contributed by atoms with Crippen molar-refractivity contribution in [2.45, 2.75) is 63.9 Å². The monoisotopic (exact) mass is 539 g/mol. The smallest absolute Gasteiger partial charge is 0.228 e. The highest BCUT2D eigenvalue weighted by molar-refractivity contribution is 7.99. The van der Waals surface area contributed by atoms with Crippen LogP contribution < -0.4 is 15.2 Å². The highest BCUT2D eigenvalue weighted by Gasteiger charge is 2.22. The fourth-order valence-corrected chi connectivity index (χ4v) is 5.47. The van der Waals surface area contributed by atoms with Gasteiger partial charge in [0.05, 0.1) is 12.8 Å². The minimum atomic E-state index is -0.830. The average molecular weight is 540 g/mol. The van der Waals surface area contributed by atoms with Crippen molar-refractivity contribution < 1.29 is 18.3 Å². The minimum absolute atomic E-state index is 0.156. The molecule has 0 aromatic heterocycles. The number of ether oxygens (including phenoxy) is 2. The maximum Gasteiger partial charge on any atom is 0.228 e. The standard InChI is InChI=1S/C28H30FNO2S.C4H9F/c1-3-5-22(4-2)32-24-13-8-20(9-14-24)28-25-15-10-21(30)16-27(25)33-17-26(28)19-6-11-23(12-7-19)31-18-29;1-2-3-4-5/h6-16,22H,3-5,17-18,30H2,1-2H3;2-4H2,1H3. The molecule has 0 bridgehead atoms. The predicted molar refractivity (Wildman–Crippen MR) is 157 cm³/mol. The van der Waals surface area contributed by atoms with E-state index in [-0.39, 0.29) is 12.8 Å². The van der Waals surface area contributed by atoms with Crippen LogP contribution in [0.5, 0.6) is 11.5 Å². The zero-order valence-corrected chi connectivity index (χ0v) is 23.5. The van der Waals surface area contributed by atoms with Crippen LogP contribution in [0.4, 0.5) is 14.5 Å². The van der Waals surface area contributed by atoms with Gasteiger partial charge in [-0.1, -0.05) is 63.9 Å². The summed E-state index contributed by atoms with van der Waals surface area (Å²) >= 11 is 1.78. The van der Waals surface area contributed by atoms with Gasteiger partial charge in [0.15, 0.2) is 0 Å². The number of rotatable bonds is 11. The van der Waals surface area contributed by atoms with Crippen LogP contribution in [-0.2, 0) is 0 Å². The Hall–Kier alpha value is -2.99. The van der Waals surface area contributed by atoms with Crippen LogP contribution in [0.15, 0.2) is 71.6 Å². The Labute approximate surface area is 230 Å². The van der Waals surface area contributed by atoms with E-state index in [1.807, 2.05) is 43.3 Å². The highest BCUT2D eigenvalue weighted by Crippen LogP contribution is 2.45. The lowest BCUT2D eigenvalue weighted by Crippen LogP contribution is -2.14. The van der Waals surface area contributed by atoms with Gasteiger partial charge in [-0.3, -0.25) is 4.39 Å². The lowest BCUT2D eigenvalue weighted by Gasteiger charge is -2.25. The summed E-state index contributed by atoms with van der Waals surface area (Å²) in [7, 11) is 0. The second-order valence-electron chi connectivity index (χ2n) is 9.18. The first kappa shape index (κ1) is 29.6. The van der Waals surface area contributed by atoms with Crippen molar-refractivity contribution in [3.63, 3.8) is 0 Å². The number of thioether (sulfide) groups is 1. The molecule has 3 aromatic carbocycles. The normalized spacial score (nSPS) is 13.3. The van der Waals surface area contributed by atoms with Gasteiger partial charge in [-0.15, -0.1) is 11.8 Å². The van der Waals surface area contributed by atoms with Gasteiger partial charge in [0.25, 0.3) is 0 Å². The topological polar surface area (TPSA) is 44.5 Å². The molecule has 1 aliphatic rings. The molecule has 0 aliphatic carbocycles. The van der Waals surface area contributed by atoms with E-state index in [0.717, 1.165) is 60.4 Å². The van der Waals surface area contributed by atoms with Gasteiger partial charge in [0.1, 0.15) is 11.5 Å². The fourth-order valence-electron chi connectivity index (χ4n) is 4.32. The Morgan fingerprint density at radius 2 is 1.55 bits per heavy atom. The van der Waals surface area contributed by atoms with Crippen LogP contribution in [0.1, 0.15) is 69.6 Å². The number of halogens is 2. The van der Waals surface area contributed by atoms with E-state index in [2.05, 4.69) is 44.2 Å². The van der Waals surface area contributed by atoms with E-state index in [1.165, 1.54) is 21.6 Å². The van der Waals surface area contributed by atoms with E-state index < -0.39 is 6.86 Å². The Balaban J connectivity index is 0.000000732. The van der Waals surface area contributed by atoms with Crippen molar-refractivity contribution in [1.82, 2.24) is 0 Å². The molecule has 204 valence electrons. The number of hydrogen-bond donors (Lipinski definition) is 1. The number of nitrogens with two attached hydrogens (primary N) is 1. The molecule has 4 rings (SSSR count). The lowest BCUT2D eigenvalue weighted by molar-refractivity contribution is 0.185. The first-order valence-corrected chi connectivity index (χ1v) is 14.4. The summed E-state index contributed by atoms with van der Waals surface area (Å²) in [6.07, 6.45) is 5.10. The number of fused-ring (bicyclic) bond motifs is 1. The highest BCUT2D eigenvalue weighted by atomic mass is 32.2. The summed E-state index contributed by atoms with van der Waals surface area (Å²) in [5.74, 6) is 2.25. The molecule has 2 N–H and O–H groups in total. The summed E-state index contributed by atoms with van der Waals surface area (Å²) < 4.78 is 34.7. The fraction of sp³-hybridized carbons (Fsp3) is 0.375. The quantitative estimate of drug-likeness (QED) is 0.247. The number of alkyl halides is 2. The largest absolute Gasteiger partial charge is 0.490 e. The molecule has 1 heterocycles. The van der Waals surface area contributed by atoms with E-state index in [1.54, 1.807) is 11.8 Å². The first-order chi connectivity index (χ1) is 18.5. The van der Waals surface area contributed by atoms with E-state index >= 15 is 0 Å². The van der Waals surface area contributed by atoms with Crippen molar-refractivity contribution in [2.75, 3.05) is 25.0 Å². The second-order valence-corrected chi connectivity index (χ2v) is 10.2. The van der Waals surface area contributed by atoms with Crippen molar-refractivity contribution >= 4 is 28.6 Å². The van der Waals surface area contributed by atoms with Gasteiger partial charge < -0.3 is 15.2 Å². The molecule has 38 heavy (non-hydrogen) atoms. The van der Waals surface area contributed by atoms with Gasteiger partial charge in [-0.05, 0) is 83.5 Å². The molecular formula is C32H39F2NO2S. The third-order valence-electron chi connectivity index (χ3n) is 6.37. The van der Waals surface area contributed by atoms with Crippen LogP contribution in [0, 0.1) is 0 Å². The summed E-state index contributed by atoms with van der Waals surface area (Å²) in [6, 6.07) is 22.1. The molecular weight excluding hydrogens is 500 g/mol. The number of unbranched alkanes of at least 4 members (excludes halogenated alkanes) is 1. The van der Waals surface area contributed by atoms with Crippen LogP contribution in [0.2, 0.25) is 0 Å². The molecule has 3 aromatic rings. The maximum atomic E-state index is 12.5. The number of hydrogen-bond acceptors (Lipinski definition) is 4. The van der Waals surface area contributed by atoms with Crippen molar-refractivity contribution in [3.05, 3.63) is 83.4 Å². The van der Waals surface area contributed by atoms with Crippen LogP contribution >= 0.6 is 11.8 Å². The third kappa shape index (κ3) is 8.00. The van der Waals surface area contributed by atoms with Gasteiger partial charge in [0.2, 0.25) is 6.86 Å². The number of anilines is 1. The summed E-state index contributed by atoms with van der Waals surface area (Å²) in [6.45, 7) is 5.34. The number of nitrogen functional groups attached to an aromatic ring is 1. The SMILES string of the molecule is CCCC(CC)Oc1ccc(C2=C(c3ccc(OCF)cc3)CSc3cc(N)ccc32)cc1.CCCCF. The third-order valence-corrected chi connectivity index (χ3v) is 7.45. The molecule has 0 amide bonds. The van der Waals surface area contributed by atoms with Crippen molar-refractivity contribution in [1.29, 1.82) is 0 Å². The minimum Gasteiger partial charge on any atom is -0.490 e. The molecule has 0 spiro atoms. The Morgan fingerprint density at radius 3 is 2.13 bits per heavy atom. The molecule has 0 radical (unpaired) electrons. The molecule has 0 fully saturated rings. The first-order valence-electron chi connectivity index (χ1n) is 13.4. The van der Waals surface area contributed by atoms with E-state index in [0.29, 0.717) is 5.75 Å². The van der Waals surface area contributed by atoms with E-state index in [9.17, 15) is 8.78 Å². The summed E-state index contributed by atoms with van der Waals surface area (Å²) in [5.41, 5.74) is 12.7. The molecule has 0 saturated carbocycles. The zero-order valence-electron chi connectivity index (χ0n) is 22.6. The van der Waals surface area contributed by atoms with Crippen LogP contribution in [0.25, 0.3) is 11.1 Å². The molecule has 0 saturated heterocycles. The second kappa shape index (κ2) is 15.4. The molecule has 6 heteroatoms.